The molecule has 19 heavy (non-hydrogen) atoms. The van der Waals surface area contributed by atoms with Crippen LogP contribution in [-0.2, 0) is 10.0 Å². The van der Waals surface area contributed by atoms with Crippen molar-refractivity contribution < 1.29 is 17.6 Å². The third kappa shape index (κ3) is 3.10. The Morgan fingerprint density at radius 2 is 2.16 bits per heavy atom. The molecule has 0 spiro atoms. The molecule has 7 nitrogen and oxygen atoms in total. The molecule has 0 saturated heterocycles. The third-order valence-corrected chi connectivity index (χ3v) is 3.53. The molecule has 0 aliphatic heterocycles. The van der Waals surface area contributed by atoms with Gasteiger partial charge in [-0.3, -0.25) is 4.79 Å². The zero-order valence-corrected chi connectivity index (χ0v) is 10.8. The van der Waals surface area contributed by atoms with Gasteiger partial charge in [0.25, 0.3) is 5.91 Å². The molecule has 0 fully saturated rings. The van der Waals surface area contributed by atoms with Crippen LogP contribution in [-0.4, -0.2) is 23.9 Å². The Kier molecular flexibility index (Phi) is 3.55. The highest BCUT2D eigenvalue weighted by Gasteiger charge is 2.15. The number of nitrogens with one attached hydrogen (secondary N) is 1. The zero-order chi connectivity index (χ0) is 14.0. The monoisotopic (exact) mass is 302 g/mol. The predicted molar refractivity (Wildman–Crippen MR) is 65.6 cm³/mol. The van der Waals surface area contributed by atoms with Crippen molar-refractivity contribution in [3.8, 4) is 0 Å². The average molecular weight is 302 g/mol. The SMILES string of the molecule is NS(=O)(=O)c1ccc(NC(=O)c2csnn2)c(F)c1. The summed E-state index contributed by atoms with van der Waals surface area (Å²) in [6, 6.07) is 2.92. The van der Waals surface area contributed by atoms with Crippen LogP contribution in [0.1, 0.15) is 10.5 Å². The predicted octanol–water partition coefficient (Wildman–Crippen LogP) is 0.577. The van der Waals surface area contributed by atoms with Gasteiger partial charge < -0.3 is 5.32 Å². The Hall–Kier alpha value is -1.91. The molecule has 0 aliphatic carbocycles. The smallest absolute Gasteiger partial charge is 0.277 e. The maximum atomic E-state index is 13.6. The maximum absolute atomic E-state index is 13.6. The van der Waals surface area contributed by atoms with Gasteiger partial charge in [-0.1, -0.05) is 4.49 Å². The van der Waals surface area contributed by atoms with Gasteiger partial charge in [0.15, 0.2) is 5.69 Å². The third-order valence-electron chi connectivity index (χ3n) is 2.11. The molecule has 0 radical (unpaired) electrons. The van der Waals surface area contributed by atoms with E-state index in [0.29, 0.717) is 0 Å². The summed E-state index contributed by atoms with van der Waals surface area (Å²) in [5.74, 6) is -1.56. The zero-order valence-electron chi connectivity index (χ0n) is 9.20. The lowest BCUT2D eigenvalue weighted by Gasteiger charge is -2.05. The minimum Gasteiger partial charge on any atom is -0.318 e. The van der Waals surface area contributed by atoms with E-state index in [1.54, 1.807) is 0 Å². The number of anilines is 1. The van der Waals surface area contributed by atoms with Gasteiger partial charge in [0.1, 0.15) is 5.82 Å². The van der Waals surface area contributed by atoms with Crippen molar-refractivity contribution in [1.29, 1.82) is 0 Å². The molecule has 0 saturated carbocycles. The number of carbonyl (C=O) groups is 1. The van der Waals surface area contributed by atoms with Crippen molar-refractivity contribution in [3.63, 3.8) is 0 Å². The number of nitrogens with two attached hydrogens (primary N) is 1. The highest BCUT2D eigenvalue weighted by molar-refractivity contribution is 7.89. The first-order chi connectivity index (χ1) is 8.88. The maximum Gasteiger partial charge on any atom is 0.277 e. The first kappa shape index (κ1) is 13.5. The molecular weight excluding hydrogens is 295 g/mol. The van der Waals surface area contributed by atoms with E-state index in [4.69, 9.17) is 5.14 Å². The summed E-state index contributed by atoms with van der Waals surface area (Å²) in [6.45, 7) is 0. The fourth-order valence-corrected chi connectivity index (χ4v) is 2.19. The first-order valence-electron chi connectivity index (χ1n) is 4.78. The van der Waals surface area contributed by atoms with Gasteiger partial charge in [-0.25, -0.2) is 17.9 Å². The molecule has 1 amide bonds. The molecule has 2 aromatic rings. The topological polar surface area (TPSA) is 115 Å². The number of primary sulfonamides is 1. The van der Waals surface area contributed by atoms with E-state index >= 15 is 0 Å². The Morgan fingerprint density at radius 3 is 2.68 bits per heavy atom. The number of hydrogen-bond acceptors (Lipinski definition) is 6. The number of hydrogen-bond donors (Lipinski definition) is 2. The standard InChI is InChI=1S/C9H7FN4O3S2/c10-6-3-5(19(11,16)17)1-2-7(6)12-9(15)8-4-18-14-13-8/h1-4H,(H,12,15)(H2,11,16,17). The minimum absolute atomic E-state index is 0.0416. The van der Waals surface area contributed by atoms with Crippen molar-refractivity contribution in [2.75, 3.05) is 5.32 Å². The summed E-state index contributed by atoms with van der Waals surface area (Å²) in [4.78, 5) is 11.2. The molecule has 0 bridgehead atoms. The van der Waals surface area contributed by atoms with Crippen LogP contribution in [0.4, 0.5) is 10.1 Å². The van der Waals surface area contributed by atoms with Crippen molar-refractivity contribution in [2.45, 2.75) is 4.90 Å². The summed E-state index contributed by atoms with van der Waals surface area (Å²) in [7, 11) is -3.99. The Bertz CT molecular complexity index is 715. The van der Waals surface area contributed by atoms with E-state index in [-0.39, 0.29) is 16.3 Å². The summed E-state index contributed by atoms with van der Waals surface area (Å²) < 4.78 is 39.1. The van der Waals surface area contributed by atoms with Gasteiger partial charge in [0, 0.05) is 5.38 Å². The molecular formula is C9H7FN4O3S2. The highest BCUT2D eigenvalue weighted by Crippen LogP contribution is 2.18. The van der Waals surface area contributed by atoms with Gasteiger partial charge in [-0.2, -0.15) is 0 Å². The van der Waals surface area contributed by atoms with Crippen LogP contribution in [0.3, 0.4) is 0 Å². The number of nitrogens with zero attached hydrogens (tertiary/aromatic N) is 2. The highest BCUT2D eigenvalue weighted by atomic mass is 32.2. The fourth-order valence-electron chi connectivity index (χ4n) is 1.22. The summed E-state index contributed by atoms with van der Waals surface area (Å²) in [6.07, 6.45) is 0. The number of aromatic nitrogens is 2. The number of rotatable bonds is 3. The van der Waals surface area contributed by atoms with Crippen molar-refractivity contribution in [1.82, 2.24) is 9.59 Å². The number of halogens is 1. The lowest BCUT2D eigenvalue weighted by atomic mass is 10.3. The molecule has 1 heterocycles. The second-order valence-corrected chi connectivity index (χ2v) is 5.60. The van der Waals surface area contributed by atoms with Gasteiger partial charge in [0.05, 0.1) is 10.6 Å². The Labute approximate surface area is 111 Å². The lowest BCUT2D eigenvalue weighted by Crippen LogP contribution is -2.15. The average Bonchev–Trinajstić information content (AvgIpc) is 2.84. The van der Waals surface area contributed by atoms with Crippen LogP contribution >= 0.6 is 11.5 Å². The van der Waals surface area contributed by atoms with Crippen LogP contribution in [0.15, 0.2) is 28.5 Å². The fraction of sp³-hybridized carbons (Fsp3) is 0. The molecule has 10 heteroatoms. The van der Waals surface area contributed by atoms with Crippen LogP contribution < -0.4 is 10.5 Å². The summed E-state index contributed by atoms with van der Waals surface area (Å²) >= 11 is 0.977. The van der Waals surface area contributed by atoms with Crippen LogP contribution in [0.5, 0.6) is 0 Å². The Balaban J connectivity index is 2.25. The minimum atomic E-state index is -3.99. The second kappa shape index (κ2) is 4.99. The number of amides is 1. The van der Waals surface area contributed by atoms with Crippen LogP contribution in [0.25, 0.3) is 0 Å². The van der Waals surface area contributed by atoms with Gasteiger partial charge in [-0.15, -0.1) is 5.10 Å². The van der Waals surface area contributed by atoms with Gasteiger partial charge in [-0.05, 0) is 29.7 Å². The van der Waals surface area contributed by atoms with E-state index in [0.717, 1.165) is 29.7 Å². The molecule has 0 unspecified atom stereocenters. The molecule has 100 valence electrons. The Morgan fingerprint density at radius 1 is 1.42 bits per heavy atom. The number of sulfonamides is 1. The van der Waals surface area contributed by atoms with E-state index in [1.807, 2.05) is 0 Å². The van der Waals surface area contributed by atoms with Crippen molar-refractivity contribution >= 4 is 33.2 Å². The van der Waals surface area contributed by atoms with E-state index in [2.05, 4.69) is 14.9 Å². The number of benzene rings is 1. The molecule has 1 aromatic carbocycles. The molecule has 2 rings (SSSR count). The number of carbonyl (C=O) groups excluding carboxylic acids is 1. The van der Waals surface area contributed by atoms with Gasteiger partial charge in [0.2, 0.25) is 10.0 Å². The van der Waals surface area contributed by atoms with Crippen molar-refractivity contribution in [2.24, 2.45) is 5.14 Å². The second-order valence-electron chi connectivity index (χ2n) is 3.43. The molecule has 1 aromatic heterocycles. The van der Waals surface area contributed by atoms with Gasteiger partial charge >= 0.3 is 0 Å². The summed E-state index contributed by atoms with van der Waals surface area (Å²) in [5, 5.41) is 12.0. The van der Waals surface area contributed by atoms with E-state index in [9.17, 15) is 17.6 Å². The molecule has 3 N–H and O–H groups in total. The molecule has 0 atom stereocenters. The molecule has 0 aliphatic rings. The quantitative estimate of drug-likeness (QED) is 0.860. The van der Waals surface area contributed by atoms with E-state index < -0.39 is 21.7 Å². The first-order valence-corrected chi connectivity index (χ1v) is 7.17. The van der Waals surface area contributed by atoms with E-state index in [1.165, 1.54) is 5.38 Å². The normalized spacial score (nSPS) is 11.3. The lowest BCUT2D eigenvalue weighted by molar-refractivity contribution is 0.102. The van der Waals surface area contributed by atoms with Crippen LogP contribution in [0.2, 0.25) is 0 Å². The van der Waals surface area contributed by atoms with Crippen LogP contribution in [0, 0.1) is 5.82 Å². The van der Waals surface area contributed by atoms with Crippen molar-refractivity contribution in [3.05, 3.63) is 35.1 Å². The summed E-state index contributed by atoms with van der Waals surface area (Å²) in [5.41, 5.74) is -0.134. The largest absolute Gasteiger partial charge is 0.318 e.